The number of hydrogen-bond donors (Lipinski definition) is 5. The Labute approximate surface area is 107 Å². The molecule has 1 atom stereocenters. The summed E-state index contributed by atoms with van der Waals surface area (Å²) in [6, 6.07) is -1.67. The first-order chi connectivity index (χ1) is 9.15. The molecule has 1 unspecified atom stereocenters. The van der Waals surface area contributed by atoms with E-state index in [9.17, 15) is 9.59 Å². The molecule has 100 valence electrons. The summed E-state index contributed by atoms with van der Waals surface area (Å²) in [5.41, 5.74) is 1.07. The van der Waals surface area contributed by atoms with Gasteiger partial charge in [0.15, 0.2) is 0 Å². The van der Waals surface area contributed by atoms with E-state index in [0.717, 1.165) is 0 Å². The van der Waals surface area contributed by atoms with Crippen molar-refractivity contribution in [2.24, 2.45) is 0 Å². The normalized spacial score (nSPS) is 11.8. The second-order valence-electron chi connectivity index (χ2n) is 3.76. The lowest BCUT2D eigenvalue weighted by atomic mass is 10.2. The number of carboxylic acid groups (broad SMARTS) is 1. The minimum atomic E-state index is -1.13. The van der Waals surface area contributed by atoms with Gasteiger partial charge in [-0.15, -0.1) is 0 Å². The standard InChI is InChI=1S/C10H12N6O3/c17-9(18)8(1-6-2-11-5-12-6)16-10(19)15-7-3-13-14-4-7/h2-5,8H,1H2,(H,11,12)(H,13,14)(H,17,18)(H2,15,16,19). The number of hydrogen-bond acceptors (Lipinski definition) is 4. The number of H-pyrrole nitrogens is 2. The molecule has 0 saturated heterocycles. The number of carboxylic acids is 1. The first-order valence-electron chi connectivity index (χ1n) is 5.41. The monoisotopic (exact) mass is 264 g/mol. The van der Waals surface area contributed by atoms with Gasteiger partial charge in [-0.2, -0.15) is 5.10 Å². The van der Waals surface area contributed by atoms with Crippen molar-refractivity contribution < 1.29 is 14.7 Å². The van der Waals surface area contributed by atoms with Crippen LogP contribution in [0.15, 0.2) is 24.9 Å². The zero-order chi connectivity index (χ0) is 13.7. The molecule has 0 spiro atoms. The number of aliphatic carboxylic acids is 1. The molecule has 0 aliphatic heterocycles. The van der Waals surface area contributed by atoms with E-state index < -0.39 is 18.0 Å². The minimum Gasteiger partial charge on any atom is -0.480 e. The molecule has 0 aliphatic rings. The molecule has 2 aromatic heterocycles. The predicted octanol–water partition coefficient (Wildman–Crippen LogP) is -0.0498. The predicted molar refractivity (Wildman–Crippen MR) is 64.5 cm³/mol. The number of nitrogens with zero attached hydrogens (tertiary/aromatic N) is 2. The highest BCUT2D eigenvalue weighted by molar-refractivity contribution is 5.92. The summed E-state index contributed by atoms with van der Waals surface area (Å²) >= 11 is 0. The highest BCUT2D eigenvalue weighted by Gasteiger charge is 2.21. The smallest absolute Gasteiger partial charge is 0.326 e. The van der Waals surface area contributed by atoms with Gasteiger partial charge < -0.3 is 20.7 Å². The summed E-state index contributed by atoms with van der Waals surface area (Å²) in [5, 5.41) is 20.0. The Morgan fingerprint density at radius 1 is 1.42 bits per heavy atom. The first-order valence-corrected chi connectivity index (χ1v) is 5.41. The molecule has 0 aliphatic carbocycles. The molecule has 9 nitrogen and oxygen atoms in total. The topological polar surface area (TPSA) is 136 Å². The van der Waals surface area contributed by atoms with E-state index in [0.29, 0.717) is 11.4 Å². The molecular formula is C10H12N6O3. The van der Waals surface area contributed by atoms with Gasteiger partial charge in [0.25, 0.3) is 0 Å². The Hall–Kier alpha value is -2.84. The quantitative estimate of drug-likeness (QED) is 0.516. The largest absolute Gasteiger partial charge is 0.480 e. The lowest BCUT2D eigenvalue weighted by Gasteiger charge is -2.13. The minimum absolute atomic E-state index is 0.119. The van der Waals surface area contributed by atoms with Crippen molar-refractivity contribution >= 4 is 17.7 Å². The van der Waals surface area contributed by atoms with Crippen molar-refractivity contribution in [3.63, 3.8) is 0 Å². The van der Waals surface area contributed by atoms with E-state index in [-0.39, 0.29) is 6.42 Å². The molecule has 0 saturated carbocycles. The molecule has 2 rings (SSSR count). The number of aromatic nitrogens is 4. The van der Waals surface area contributed by atoms with Crippen LogP contribution in [0.25, 0.3) is 0 Å². The molecule has 19 heavy (non-hydrogen) atoms. The fourth-order valence-corrected chi connectivity index (χ4v) is 1.46. The van der Waals surface area contributed by atoms with E-state index in [1.807, 2.05) is 0 Å². The Morgan fingerprint density at radius 2 is 2.26 bits per heavy atom. The van der Waals surface area contributed by atoms with Crippen LogP contribution in [0.4, 0.5) is 10.5 Å². The highest BCUT2D eigenvalue weighted by atomic mass is 16.4. The van der Waals surface area contributed by atoms with Crippen LogP contribution in [-0.4, -0.2) is 43.3 Å². The van der Waals surface area contributed by atoms with Gasteiger partial charge in [-0.05, 0) is 0 Å². The van der Waals surface area contributed by atoms with Crippen molar-refractivity contribution in [2.75, 3.05) is 5.32 Å². The maximum absolute atomic E-state index is 11.6. The molecule has 2 aromatic rings. The summed E-state index contributed by atoms with van der Waals surface area (Å²) < 4.78 is 0. The van der Waals surface area contributed by atoms with Crippen LogP contribution in [-0.2, 0) is 11.2 Å². The number of amides is 2. The third kappa shape index (κ3) is 3.56. The molecule has 5 N–H and O–H groups in total. The van der Waals surface area contributed by atoms with Gasteiger partial charge in [0.2, 0.25) is 0 Å². The third-order valence-electron chi connectivity index (χ3n) is 2.34. The van der Waals surface area contributed by atoms with Gasteiger partial charge in [-0.1, -0.05) is 0 Å². The van der Waals surface area contributed by atoms with Crippen LogP contribution < -0.4 is 10.6 Å². The second kappa shape index (κ2) is 5.67. The van der Waals surface area contributed by atoms with Crippen molar-refractivity contribution in [2.45, 2.75) is 12.5 Å². The Kier molecular flexibility index (Phi) is 3.76. The molecule has 0 aromatic carbocycles. The summed E-state index contributed by atoms with van der Waals surface area (Å²) in [7, 11) is 0. The van der Waals surface area contributed by atoms with E-state index in [1.54, 1.807) is 0 Å². The third-order valence-corrected chi connectivity index (χ3v) is 2.34. The van der Waals surface area contributed by atoms with Crippen molar-refractivity contribution in [1.82, 2.24) is 25.5 Å². The van der Waals surface area contributed by atoms with Crippen molar-refractivity contribution in [3.05, 3.63) is 30.6 Å². The lowest BCUT2D eigenvalue weighted by molar-refractivity contribution is -0.139. The molecule has 2 heterocycles. The van der Waals surface area contributed by atoms with Crippen LogP contribution >= 0.6 is 0 Å². The van der Waals surface area contributed by atoms with E-state index in [2.05, 4.69) is 30.8 Å². The van der Waals surface area contributed by atoms with Crippen LogP contribution in [0.3, 0.4) is 0 Å². The average molecular weight is 264 g/mol. The van der Waals surface area contributed by atoms with E-state index in [1.165, 1.54) is 24.9 Å². The molecule has 0 fully saturated rings. The summed E-state index contributed by atoms with van der Waals surface area (Å²) in [6.07, 6.45) is 5.95. The highest BCUT2D eigenvalue weighted by Crippen LogP contribution is 2.02. The number of anilines is 1. The summed E-state index contributed by atoms with van der Waals surface area (Å²) in [5.74, 6) is -1.13. The molecular weight excluding hydrogens is 252 g/mol. The fraction of sp³-hybridized carbons (Fsp3) is 0.200. The number of rotatable bonds is 5. The van der Waals surface area contributed by atoms with Gasteiger partial charge in [-0.25, -0.2) is 14.6 Å². The lowest BCUT2D eigenvalue weighted by Crippen LogP contribution is -2.44. The van der Waals surface area contributed by atoms with E-state index in [4.69, 9.17) is 5.11 Å². The molecule has 0 radical (unpaired) electrons. The Bertz CT molecular complexity index is 536. The number of nitrogens with one attached hydrogen (secondary N) is 4. The number of aromatic amines is 2. The zero-order valence-electron chi connectivity index (χ0n) is 9.75. The second-order valence-corrected chi connectivity index (χ2v) is 3.76. The number of urea groups is 1. The van der Waals surface area contributed by atoms with Crippen LogP contribution in [0.2, 0.25) is 0 Å². The van der Waals surface area contributed by atoms with Crippen LogP contribution in [0.1, 0.15) is 5.69 Å². The van der Waals surface area contributed by atoms with Crippen molar-refractivity contribution in [3.8, 4) is 0 Å². The van der Waals surface area contributed by atoms with Crippen LogP contribution in [0.5, 0.6) is 0 Å². The number of imidazole rings is 1. The van der Waals surface area contributed by atoms with Crippen molar-refractivity contribution in [1.29, 1.82) is 0 Å². The van der Waals surface area contributed by atoms with Gasteiger partial charge in [0.1, 0.15) is 6.04 Å². The molecule has 0 bridgehead atoms. The SMILES string of the molecule is O=C(Nc1cn[nH]c1)NC(Cc1cnc[nH]1)C(=O)O. The Morgan fingerprint density at radius 3 is 2.84 bits per heavy atom. The van der Waals surface area contributed by atoms with Crippen LogP contribution in [0, 0.1) is 0 Å². The van der Waals surface area contributed by atoms with E-state index >= 15 is 0 Å². The number of carbonyl (C=O) groups is 2. The zero-order valence-corrected chi connectivity index (χ0v) is 9.75. The van der Waals surface area contributed by atoms with Gasteiger partial charge in [0, 0.05) is 24.5 Å². The Balaban J connectivity index is 1.93. The molecule has 9 heteroatoms. The maximum Gasteiger partial charge on any atom is 0.326 e. The average Bonchev–Trinajstić information content (AvgIpc) is 3.00. The van der Waals surface area contributed by atoms with Gasteiger partial charge in [0.05, 0.1) is 18.2 Å². The summed E-state index contributed by atoms with van der Waals surface area (Å²) in [6.45, 7) is 0. The number of carbonyl (C=O) groups excluding carboxylic acids is 1. The van der Waals surface area contributed by atoms with Gasteiger partial charge >= 0.3 is 12.0 Å². The molecule has 2 amide bonds. The summed E-state index contributed by atoms with van der Waals surface area (Å²) in [4.78, 5) is 29.2. The first kappa shape index (κ1) is 12.6. The van der Waals surface area contributed by atoms with Gasteiger partial charge in [-0.3, -0.25) is 5.10 Å². The fourth-order valence-electron chi connectivity index (χ4n) is 1.46. The maximum atomic E-state index is 11.6.